The zero-order chi connectivity index (χ0) is 18.1. The molecule has 2 heterocycles. The lowest BCUT2D eigenvalue weighted by atomic mass is 10.0. The summed E-state index contributed by atoms with van der Waals surface area (Å²) in [6.07, 6.45) is 2.13. The molecule has 3 aromatic rings. The first-order chi connectivity index (χ1) is 12.6. The molecule has 1 atom stereocenters. The van der Waals surface area contributed by atoms with E-state index in [0.29, 0.717) is 23.4 Å². The Morgan fingerprint density at radius 2 is 1.92 bits per heavy atom. The molecule has 1 fully saturated rings. The Kier molecular flexibility index (Phi) is 4.55. The number of piperidine rings is 1. The maximum absolute atomic E-state index is 14.2. The van der Waals surface area contributed by atoms with Gasteiger partial charge in [-0.25, -0.2) is 17.9 Å². The van der Waals surface area contributed by atoms with Gasteiger partial charge in [0.05, 0.1) is 17.5 Å². The van der Waals surface area contributed by atoms with Gasteiger partial charge in [-0.3, -0.25) is 0 Å². The van der Waals surface area contributed by atoms with Gasteiger partial charge in [-0.15, -0.1) is 5.10 Å². The summed E-state index contributed by atoms with van der Waals surface area (Å²) in [4.78, 5) is 0. The van der Waals surface area contributed by atoms with E-state index in [9.17, 15) is 13.2 Å². The predicted molar refractivity (Wildman–Crippen MR) is 92.0 cm³/mol. The summed E-state index contributed by atoms with van der Waals surface area (Å²) in [7, 11) is 0. The number of hydrogen-bond donors (Lipinski definition) is 1. The number of halogens is 3. The molecule has 1 unspecified atom stereocenters. The first-order valence-corrected chi connectivity index (χ1v) is 8.59. The van der Waals surface area contributed by atoms with Crippen molar-refractivity contribution in [2.75, 3.05) is 19.7 Å². The van der Waals surface area contributed by atoms with Gasteiger partial charge >= 0.3 is 0 Å². The molecule has 4 nitrogen and oxygen atoms in total. The van der Waals surface area contributed by atoms with E-state index in [1.165, 1.54) is 28.9 Å². The fourth-order valence-electron chi connectivity index (χ4n) is 3.27. The standard InChI is InChI=1S/C19H18F3N3O/c20-13-3-5-17-15(8-13)19(26-11-12-2-1-7-23-10-12)24-25(17)18-6-4-14(21)9-16(18)22/h3-6,8-9,12,23H,1-2,7,10-11H2. The largest absolute Gasteiger partial charge is 0.476 e. The maximum atomic E-state index is 14.2. The number of ether oxygens (including phenoxy) is 1. The molecule has 1 aromatic heterocycles. The number of benzene rings is 2. The van der Waals surface area contributed by atoms with Crippen LogP contribution in [-0.2, 0) is 0 Å². The highest BCUT2D eigenvalue weighted by atomic mass is 19.1. The van der Waals surface area contributed by atoms with Crippen molar-refractivity contribution in [3.05, 3.63) is 53.8 Å². The van der Waals surface area contributed by atoms with Gasteiger partial charge < -0.3 is 10.1 Å². The van der Waals surface area contributed by atoms with Crippen LogP contribution in [-0.4, -0.2) is 29.5 Å². The molecule has 136 valence electrons. The van der Waals surface area contributed by atoms with Crippen LogP contribution < -0.4 is 10.1 Å². The zero-order valence-electron chi connectivity index (χ0n) is 14.0. The SMILES string of the molecule is Fc1ccc(-n2nc(OCC3CCCNC3)c3cc(F)ccc32)c(F)c1. The summed E-state index contributed by atoms with van der Waals surface area (Å²) in [6, 6.07) is 7.35. The van der Waals surface area contributed by atoms with Gasteiger partial charge in [-0.1, -0.05) is 0 Å². The molecular formula is C19H18F3N3O. The van der Waals surface area contributed by atoms with Crippen LogP contribution in [0.2, 0.25) is 0 Å². The van der Waals surface area contributed by atoms with E-state index in [2.05, 4.69) is 10.4 Å². The monoisotopic (exact) mass is 361 g/mol. The molecule has 0 amide bonds. The molecule has 1 aliphatic rings. The van der Waals surface area contributed by atoms with Crippen LogP contribution in [0, 0.1) is 23.4 Å². The maximum Gasteiger partial charge on any atom is 0.241 e. The van der Waals surface area contributed by atoms with Crippen molar-refractivity contribution in [3.63, 3.8) is 0 Å². The second-order valence-corrected chi connectivity index (χ2v) is 6.50. The predicted octanol–water partition coefficient (Wildman–Crippen LogP) is 3.82. The summed E-state index contributed by atoms with van der Waals surface area (Å²) in [6.45, 7) is 2.31. The van der Waals surface area contributed by atoms with Crippen molar-refractivity contribution >= 4 is 10.9 Å². The lowest BCUT2D eigenvalue weighted by Crippen LogP contribution is -2.33. The van der Waals surface area contributed by atoms with E-state index in [4.69, 9.17) is 4.74 Å². The van der Waals surface area contributed by atoms with Crippen molar-refractivity contribution in [1.29, 1.82) is 0 Å². The lowest BCUT2D eigenvalue weighted by molar-refractivity contribution is 0.213. The summed E-state index contributed by atoms with van der Waals surface area (Å²) < 4.78 is 48.3. The molecule has 4 rings (SSSR count). The minimum atomic E-state index is -0.748. The Hall–Kier alpha value is -2.54. The third-order valence-corrected chi connectivity index (χ3v) is 4.60. The second-order valence-electron chi connectivity index (χ2n) is 6.50. The highest BCUT2D eigenvalue weighted by molar-refractivity contribution is 5.86. The summed E-state index contributed by atoms with van der Waals surface area (Å²) in [5.74, 6) is -1.26. The van der Waals surface area contributed by atoms with Gasteiger partial charge in [0.15, 0.2) is 5.82 Å². The minimum Gasteiger partial charge on any atom is -0.476 e. The molecular weight excluding hydrogens is 343 g/mol. The Bertz CT molecular complexity index is 935. The van der Waals surface area contributed by atoms with E-state index >= 15 is 0 Å². The van der Waals surface area contributed by atoms with Crippen molar-refractivity contribution in [1.82, 2.24) is 15.1 Å². The molecule has 0 radical (unpaired) electrons. The molecule has 1 saturated heterocycles. The highest BCUT2D eigenvalue weighted by Gasteiger charge is 2.19. The van der Waals surface area contributed by atoms with E-state index in [1.54, 1.807) is 0 Å². The smallest absolute Gasteiger partial charge is 0.241 e. The van der Waals surface area contributed by atoms with Crippen LogP contribution in [0.4, 0.5) is 13.2 Å². The number of fused-ring (bicyclic) bond motifs is 1. The minimum absolute atomic E-state index is 0.0807. The molecule has 1 N–H and O–H groups in total. The molecule has 0 aliphatic carbocycles. The summed E-state index contributed by atoms with van der Waals surface area (Å²) in [5.41, 5.74) is 0.575. The third-order valence-electron chi connectivity index (χ3n) is 4.60. The quantitative estimate of drug-likeness (QED) is 0.768. The number of hydrogen-bond acceptors (Lipinski definition) is 3. The molecule has 0 bridgehead atoms. The zero-order valence-corrected chi connectivity index (χ0v) is 14.0. The molecule has 7 heteroatoms. The van der Waals surface area contributed by atoms with Gasteiger partial charge in [0, 0.05) is 18.5 Å². The molecule has 1 aliphatic heterocycles. The second kappa shape index (κ2) is 6.99. The topological polar surface area (TPSA) is 39.1 Å². The normalized spacial score (nSPS) is 17.6. The third kappa shape index (κ3) is 3.26. The van der Waals surface area contributed by atoms with E-state index < -0.39 is 17.5 Å². The Labute approximate surface area is 148 Å². The van der Waals surface area contributed by atoms with Gasteiger partial charge in [0.1, 0.15) is 17.3 Å². The Morgan fingerprint density at radius 1 is 1.12 bits per heavy atom. The molecule has 0 saturated carbocycles. The van der Waals surface area contributed by atoms with Gasteiger partial charge in [0.2, 0.25) is 5.88 Å². The van der Waals surface area contributed by atoms with Crippen molar-refractivity contribution in [3.8, 4) is 11.6 Å². The van der Waals surface area contributed by atoms with Crippen LogP contribution in [0.3, 0.4) is 0 Å². The number of aromatic nitrogens is 2. The van der Waals surface area contributed by atoms with Crippen LogP contribution in [0.25, 0.3) is 16.6 Å². The number of nitrogens with zero attached hydrogens (tertiary/aromatic N) is 2. The van der Waals surface area contributed by atoms with E-state index in [-0.39, 0.29) is 11.6 Å². The summed E-state index contributed by atoms with van der Waals surface area (Å²) in [5, 5.41) is 8.09. The van der Waals surface area contributed by atoms with Crippen LogP contribution >= 0.6 is 0 Å². The van der Waals surface area contributed by atoms with Crippen molar-refractivity contribution in [2.24, 2.45) is 5.92 Å². The first kappa shape index (κ1) is 16.9. The fourth-order valence-corrected chi connectivity index (χ4v) is 3.27. The fraction of sp³-hybridized carbons (Fsp3) is 0.316. The number of rotatable bonds is 4. The van der Waals surface area contributed by atoms with Crippen LogP contribution in [0.1, 0.15) is 12.8 Å². The van der Waals surface area contributed by atoms with E-state index in [0.717, 1.165) is 38.1 Å². The van der Waals surface area contributed by atoms with Crippen molar-refractivity contribution < 1.29 is 17.9 Å². The Balaban J connectivity index is 1.72. The van der Waals surface area contributed by atoms with Gasteiger partial charge in [-0.2, -0.15) is 0 Å². The van der Waals surface area contributed by atoms with Crippen LogP contribution in [0.5, 0.6) is 5.88 Å². The average molecular weight is 361 g/mol. The number of nitrogens with one attached hydrogen (secondary N) is 1. The van der Waals surface area contributed by atoms with Crippen LogP contribution in [0.15, 0.2) is 36.4 Å². The lowest BCUT2D eigenvalue weighted by Gasteiger charge is -2.22. The Morgan fingerprint density at radius 3 is 2.69 bits per heavy atom. The average Bonchev–Trinajstić information content (AvgIpc) is 2.98. The van der Waals surface area contributed by atoms with E-state index in [1.807, 2.05) is 0 Å². The first-order valence-electron chi connectivity index (χ1n) is 8.59. The van der Waals surface area contributed by atoms with Gasteiger partial charge in [-0.05, 0) is 49.7 Å². The van der Waals surface area contributed by atoms with Gasteiger partial charge in [0.25, 0.3) is 0 Å². The molecule has 26 heavy (non-hydrogen) atoms. The molecule has 0 spiro atoms. The molecule has 2 aromatic carbocycles. The summed E-state index contributed by atoms with van der Waals surface area (Å²) >= 11 is 0. The van der Waals surface area contributed by atoms with Crippen molar-refractivity contribution in [2.45, 2.75) is 12.8 Å². The highest BCUT2D eigenvalue weighted by Crippen LogP contribution is 2.30.